The number of benzene rings is 1. The van der Waals surface area contributed by atoms with Gasteiger partial charge < -0.3 is 20.7 Å². The topological polar surface area (TPSA) is 169 Å². The molecule has 214 valence electrons. The molecule has 1 aliphatic rings. The van der Waals surface area contributed by atoms with E-state index in [9.17, 15) is 18.0 Å². The summed E-state index contributed by atoms with van der Waals surface area (Å²) >= 11 is 1.16. The lowest BCUT2D eigenvalue weighted by Crippen LogP contribution is -2.27. The van der Waals surface area contributed by atoms with E-state index >= 15 is 0 Å². The van der Waals surface area contributed by atoms with Crippen LogP contribution in [0.1, 0.15) is 47.1 Å². The maximum absolute atomic E-state index is 12.3. The van der Waals surface area contributed by atoms with Crippen molar-refractivity contribution in [2.45, 2.75) is 44.6 Å². The van der Waals surface area contributed by atoms with E-state index in [1.807, 2.05) is 6.07 Å². The highest BCUT2D eigenvalue weighted by Gasteiger charge is 2.23. The third-order valence-corrected chi connectivity index (χ3v) is 8.65. The third kappa shape index (κ3) is 7.45. The molecular formula is C26H33N7O5S2. The number of ether oxygens (including phenoxy) is 1. The zero-order valence-electron chi connectivity index (χ0n) is 22.6. The van der Waals surface area contributed by atoms with Gasteiger partial charge in [-0.1, -0.05) is 23.5 Å². The monoisotopic (exact) mass is 587 g/mol. The molecule has 4 rings (SSSR count). The number of rotatable bonds is 10. The Morgan fingerprint density at radius 2 is 1.90 bits per heavy atom. The number of nitrogens with two attached hydrogens (primary N) is 1. The molecule has 1 amide bonds. The number of primary amides is 1. The molecule has 40 heavy (non-hydrogen) atoms. The number of anilines is 4. The van der Waals surface area contributed by atoms with Crippen LogP contribution in [0.2, 0.25) is 0 Å². The van der Waals surface area contributed by atoms with Crippen LogP contribution in [0, 0.1) is 12.8 Å². The molecule has 14 heteroatoms. The molecule has 0 spiro atoms. The number of nitrogens with one attached hydrogen (secondary N) is 2. The minimum Gasteiger partial charge on any atom is -0.462 e. The molecule has 1 fully saturated rings. The Morgan fingerprint density at radius 3 is 2.58 bits per heavy atom. The maximum Gasteiger partial charge on any atom is 0.350 e. The van der Waals surface area contributed by atoms with E-state index in [-0.39, 0.29) is 29.3 Å². The molecule has 0 radical (unpaired) electrons. The first kappa shape index (κ1) is 29.2. The van der Waals surface area contributed by atoms with E-state index in [0.717, 1.165) is 29.7 Å². The van der Waals surface area contributed by atoms with Crippen LogP contribution in [0.5, 0.6) is 0 Å². The van der Waals surface area contributed by atoms with Crippen LogP contribution in [0.15, 0.2) is 35.2 Å². The quantitative estimate of drug-likeness (QED) is 0.298. The molecule has 2 aromatic heterocycles. The van der Waals surface area contributed by atoms with Crippen molar-refractivity contribution in [2.75, 3.05) is 41.5 Å². The Balaban J connectivity index is 1.59. The first-order valence-corrected chi connectivity index (χ1v) is 15.6. The predicted octanol–water partition coefficient (Wildman–Crippen LogP) is 3.27. The molecule has 1 atom stereocenters. The molecule has 3 heterocycles. The summed E-state index contributed by atoms with van der Waals surface area (Å²) in [6, 6.07) is 8.47. The average molecular weight is 588 g/mol. The van der Waals surface area contributed by atoms with Crippen LogP contribution < -0.4 is 21.3 Å². The van der Waals surface area contributed by atoms with Gasteiger partial charge >= 0.3 is 5.97 Å². The van der Waals surface area contributed by atoms with E-state index in [1.165, 1.54) is 6.26 Å². The van der Waals surface area contributed by atoms with E-state index in [2.05, 4.69) is 25.5 Å². The summed E-state index contributed by atoms with van der Waals surface area (Å²) in [6.07, 6.45) is 3.33. The summed E-state index contributed by atoms with van der Waals surface area (Å²) in [5, 5.41) is 6.85. The fraction of sp³-hybridized carbons (Fsp3) is 0.423. The lowest BCUT2D eigenvalue weighted by Gasteiger charge is -2.23. The molecule has 0 bridgehead atoms. The minimum atomic E-state index is -3.28. The first-order valence-electron chi connectivity index (χ1n) is 12.9. The fourth-order valence-corrected chi connectivity index (χ4v) is 5.82. The minimum absolute atomic E-state index is 0.170. The summed E-state index contributed by atoms with van der Waals surface area (Å²) in [7, 11) is -3.28. The van der Waals surface area contributed by atoms with Gasteiger partial charge in [-0.25, -0.2) is 18.2 Å². The Labute approximate surface area is 237 Å². The number of hydrogen-bond donors (Lipinski definition) is 3. The molecule has 1 aromatic carbocycles. The van der Waals surface area contributed by atoms with Crippen LogP contribution in [0.3, 0.4) is 0 Å². The summed E-state index contributed by atoms with van der Waals surface area (Å²) < 4.78 is 28.7. The smallest absolute Gasteiger partial charge is 0.350 e. The van der Waals surface area contributed by atoms with E-state index < -0.39 is 15.8 Å². The Bertz CT molecular complexity index is 1480. The van der Waals surface area contributed by atoms with Gasteiger partial charge in [0.05, 0.1) is 17.2 Å². The highest BCUT2D eigenvalue weighted by atomic mass is 32.2. The van der Waals surface area contributed by atoms with E-state index in [4.69, 9.17) is 15.5 Å². The third-order valence-electron chi connectivity index (χ3n) is 6.47. The molecule has 1 unspecified atom stereocenters. The Hall–Kier alpha value is -3.78. The first-order chi connectivity index (χ1) is 19.0. The lowest BCUT2D eigenvalue weighted by atomic mass is 10.0. The summed E-state index contributed by atoms with van der Waals surface area (Å²) in [5.41, 5.74) is 6.98. The standard InChI is InChI=1S/C26H33N7O5S2/c1-4-38-24(35)22-16(2)29-26(39-22)32-25-30-20(28-15-17-7-9-19(10-8-17)40(3,36)37)14-21(31-25)33-12-5-6-18(11-13-33)23(27)34/h7-10,14,18H,4-6,11-13,15H2,1-3H3,(H2,27,34)(H2,28,29,30,31,32). The van der Waals surface area contributed by atoms with Crippen molar-refractivity contribution in [1.29, 1.82) is 0 Å². The molecule has 1 saturated heterocycles. The molecule has 12 nitrogen and oxygen atoms in total. The van der Waals surface area contributed by atoms with Crippen molar-refractivity contribution in [3.05, 3.63) is 46.5 Å². The van der Waals surface area contributed by atoms with Crippen LogP contribution in [-0.4, -0.2) is 61.2 Å². The van der Waals surface area contributed by atoms with Crippen LogP contribution in [-0.2, 0) is 25.9 Å². The van der Waals surface area contributed by atoms with Gasteiger partial charge in [0, 0.05) is 37.9 Å². The zero-order valence-corrected chi connectivity index (χ0v) is 24.3. The van der Waals surface area contributed by atoms with Gasteiger partial charge in [-0.15, -0.1) is 0 Å². The Kier molecular flexibility index (Phi) is 9.20. The number of esters is 1. The number of sulfone groups is 1. The molecule has 0 saturated carbocycles. The second kappa shape index (κ2) is 12.6. The van der Waals surface area contributed by atoms with E-state index in [1.54, 1.807) is 38.1 Å². The number of aryl methyl sites for hydroxylation is 1. The number of nitrogens with zero attached hydrogens (tertiary/aromatic N) is 4. The SMILES string of the molecule is CCOC(=O)c1sc(Nc2nc(NCc3ccc(S(C)(=O)=O)cc3)cc(N3CCCC(C(N)=O)CC3)n2)nc1C. The van der Waals surface area contributed by atoms with Crippen molar-refractivity contribution in [3.63, 3.8) is 0 Å². The van der Waals surface area contributed by atoms with Crippen molar-refractivity contribution in [3.8, 4) is 0 Å². The lowest BCUT2D eigenvalue weighted by molar-refractivity contribution is -0.122. The summed E-state index contributed by atoms with van der Waals surface area (Å²) in [4.78, 5) is 40.5. The van der Waals surface area contributed by atoms with Gasteiger partial charge in [-0.2, -0.15) is 9.97 Å². The van der Waals surface area contributed by atoms with Crippen LogP contribution >= 0.6 is 11.3 Å². The van der Waals surface area contributed by atoms with Crippen molar-refractivity contribution in [1.82, 2.24) is 15.0 Å². The molecular weight excluding hydrogens is 554 g/mol. The predicted molar refractivity (Wildman–Crippen MR) is 154 cm³/mol. The number of amides is 1. The molecule has 0 aliphatic carbocycles. The summed E-state index contributed by atoms with van der Waals surface area (Å²) in [6.45, 7) is 5.46. The largest absolute Gasteiger partial charge is 0.462 e. The molecule has 1 aliphatic heterocycles. The maximum atomic E-state index is 12.3. The number of aromatic nitrogens is 3. The van der Waals surface area contributed by atoms with Gasteiger partial charge in [-0.3, -0.25) is 10.1 Å². The number of hydrogen-bond acceptors (Lipinski definition) is 12. The van der Waals surface area contributed by atoms with E-state index in [0.29, 0.717) is 53.4 Å². The van der Waals surface area contributed by atoms with Crippen LogP contribution in [0.4, 0.5) is 22.7 Å². The van der Waals surface area contributed by atoms with Gasteiger partial charge in [0.2, 0.25) is 11.9 Å². The van der Waals surface area contributed by atoms with Crippen molar-refractivity contribution >= 4 is 55.8 Å². The second-order valence-electron chi connectivity index (χ2n) is 9.50. The van der Waals surface area contributed by atoms with Crippen molar-refractivity contribution in [2.24, 2.45) is 11.7 Å². The number of carbonyl (C=O) groups is 2. The Morgan fingerprint density at radius 1 is 1.15 bits per heavy atom. The van der Waals surface area contributed by atoms with Gasteiger partial charge in [0.1, 0.15) is 16.5 Å². The average Bonchev–Trinajstić information content (AvgIpc) is 3.10. The van der Waals surface area contributed by atoms with Gasteiger partial charge in [0.15, 0.2) is 15.0 Å². The molecule has 4 N–H and O–H groups in total. The number of thiazole rings is 1. The highest BCUT2D eigenvalue weighted by Crippen LogP contribution is 2.28. The zero-order chi connectivity index (χ0) is 28.9. The number of carbonyl (C=O) groups excluding carboxylic acids is 2. The van der Waals surface area contributed by atoms with Crippen molar-refractivity contribution < 1.29 is 22.7 Å². The molecule has 3 aromatic rings. The van der Waals surface area contributed by atoms with Gasteiger partial charge in [-0.05, 0) is 50.8 Å². The summed E-state index contributed by atoms with van der Waals surface area (Å²) in [5.74, 6) is 0.597. The van der Waals surface area contributed by atoms with Gasteiger partial charge in [0.25, 0.3) is 0 Å². The fourth-order valence-electron chi connectivity index (χ4n) is 4.33. The normalized spacial score (nSPS) is 15.8. The highest BCUT2D eigenvalue weighted by molar-refractivity contribution is 7.90. The van der Waals surface area contributed by atoms with Crippen LogP contribution in [0.25, 0.3) is 0 Å². The second-order valence-corrected chi connectivity index (χ2v) is 12.5.